The van der Waals surface area contributed by atoms with Crippen molar-refractivity contribution >= 4 is 23.2 Å². The first-order chi connectivity index (χ1) is 12.3. The van der Waals surface area contributed by atoms with Gasteiger partial charge in [0, 0.05) is 10.0 Å². The van der Waals surface area contributed by atoms with Crippen LogP contribution >= 0.6 is 23.2 Å². The van der Waals surface area contributed by atoms with Crippen LogP contribution in [0.3, 0.4) is 0 Å². The van der Waals surface area contributed by atoms with Crippen molar-refractivity contribution < 1.29 is 9.47 Å². The van der Waals surface area contributed by atoms with E-state index in [1.54, 1.807) is 24.3 Å². The summed E-state index contributed by atoms with van der Waals surface area (Å²) in [6.45, 7) is 8.58. The second-order valence-corrected chi connectivity index (χ2v) is 7.77. The molecule has 0 saturated carbocycles. The fraction of sp³-hybridized carbons (Fsp3) is 0.364. The van der Waals surface area contributed by atoms with Crippen LogP contribution in [0.15, 0.2) is 60.2 Å². The maximum absolute atomic E-state index is 5.76. The number of epoxide rings is 1. The van der Waals surface area contributed by atoms with Crippen molar-refractivity contribution in [3.63, 3.8) is 0 Å². The summed E-state index contributed by atoms with van der Waals surface area (Å²) in [7, 11) is 0. The van der Waals surface area contributed by atoms with Gasteiger partial charge >= 0.3 is 0 Å². The third-order valence-corrected chi connectivity index (χ3v) is 4.82. The maximum atomic E-state index is 5.76. The Morgan fingerprint density at radius 1 is 1.00 bits per heavy atom. The molecule has 0 N–H and O–H groups in total. The van der Waals surface area contributed by atoms with E-state index in [0.717, 1.165) is 11.5 Å². The highest BCUT2D eigenvalue weighted by Gasteiger charge is 2.46. The first kappa shape index (κ1) is 20.8. The quantitative estimate of drug-likeness (QED) is 0.384. The van der Waals surface area contributed by atoms with Crippen LogP contribution in [-0.4, -0.2) is 11.7 Å². The van der Waals surface area contributed by atoms with E-state index in [1.165, 1.54) is 18.4 Å². The smallest absolute Gasteiger partial charge is 0.127 e. The van der Waals surface area contributed by atoms with Gasteiger partial charge in [-0.15, -0.1) is 0 Å². The van der Waals surface area contributed by atoms with Crippen LogP contribution in [0.1, 0.15) is 40.5 Å². The lowest BCUT2D eigenvalue weighted by atomic mass is 10.0. The number of rotatable bonds is 5. The molecule has 1 aliphatic heterocycles. The van der Waals surface area contributed by atoms with Crippen molar-refractivity contribution in [1.82, 2.24) is 0 Å². The number of allylic oxidation sites excluding steroid dienone is 2. The molecule has 3 rings (SSSR count). The molecule has 140 valence electrons. The summed E-state index contributed by atoms with van der Waals surface area (Å²) >= 11 is 11.5. The molecule has 0 bridgehead atoms. The minimum absolute atomic E-state index is 0.175. The molecule has 1 unspecified atom stereocenters. The van der Waals surface area contributed by atoms with E-state index in [1.807, 2.05) is 24.3 Å². The topological polar surface area (TPSA) is 21.8 Å². The second kappa shape index (κ2) is 9.45. The van der Waals surface area contributed by atoms with Crippen LogP contribution in [0.5, 0.6) is 11.5 Å². The van der Waals surface area contributed by atoms with E-state index in [-0.39, 0.29) is 5.60 Å². The minimum atomic E-state index is 0.175. The summed E-state index contributed by atoms with van der Waals surface area (Å²) in [6, 6.07) is 14.4. The van der Waals surface area contributed by atoms with E-state index in [9.17, 15) is 0 Å². The van der Waals surface area contributed by atoms with Crippen molar-refractivity contribution in [2.24, 2.45) is 0 Å². The van der Waals surface area contributed by atoms with Crippen LogP contribution in [0.2, 0.25) is 10.0 Å². The van der Waals surface area contributed by atoms with Gasteiger partial charge in [0.2, 0.25) is 0 Å². The number of halogens is 2. The summed E-state index contributed by atoms with van der Waals surface area (Å²) in [5.41, 5.74) is 1.64. The molecule has 0 spiro atoms. The van der Waals surface area contributed by atoms with Crippen molar-refractivity contribution in [3.8, 4) is 11.5 Å². The van der Waals surface area contributed by atoms with Crippen molar-refractivity contribution in [2.75, 3.05) is 0 Å². The Bertz CT molecular complexity index is 675. The molecule has 2 nitrogen and oxygen atoms in total. The van der Waals surface area contributed by atoms with Crippen LogP contribution < -0.4 is 4.74 Å². The molecule has 0 radical (unpaired) electrons. The molecular formula is C22H26Cl2O2. The molecule has 1 atom stereocenters. The standard InChI is InChI=1S/C12H8Cl2O.C10H18O/c13-9-1-5-11(6-2-9)15-12-7-3-10(14)4-8-12;1-5-8(2)6-7-9-10(3,4)11-9/h1-8H;5,9H,6-7H2,1-4H3. The average Bonchev–Trinajstić information content (AvgIpc) is 3.24. The van der Waals surface area contributed by atoms with Crippen molar-refractivity contribution in [3.05, 3.63) is 70.2 Å². The predicted octanol–water partition coefficient (Wildman–Crippen LogP) is 7.70. The zero-order valence-electron chi connectivity index (χ0n) is 15.8. The Morgan fingerprint density at radius 3 is 1.77 bits per heavy atom. The second-order valence-electron chi connectivity index (χ2n) is 6.89. The first-order valence-corrected chi connectivity index (χ1v) is 9.54. The molecule has 0 aromatic heterocycles. The summed E-state index contributed by atoms with van der Waals surface area (Å²) in [4.78, 5) is 0. The van der Waals surface area contributed by atoms with Gasteiger partial charge in [0.25, 0.3) is 0 Å². The molecule has 1 heterocycles. The van der Waals surface area contributed by atoms with Gasteiger partial charge in [-0.1, -0.05) is 34.9 Å². The van der Waals surface area contributed by atoms with Crippen LogP contribution in [0.25, 0.3) is 0 Å². The van der Waals surface area contributed by atoms with Gasteiger partial charge in [0.05, 0.1) is 11.7 Å². The van der Waals surface area contributed by atoms with Gasteiger partial charge < -0.3 is 9.47 Å². The van der Waals surface area contributed by atoms with Crippen LogP contribution in [0.4, 0.5) is 0 Å². The fourth-order valence-electron chi connectivity index (χ4n) is 2.38. The Hall–Kier alpha value is -1.48. The lowest BCUT2D eigenvalue weighted by Crippen LogP contribution is -2.02. The molecule has 1 fully saturated rings. The van der Waals surface area contributed by atoms with Gasteiger partial charge in [-0.2, -0.15) is 0 Å². The highest BCUT2D eigenvalue weighted by molar-refractivity contribution is 6.30. The molecular weight excluding hydrogens is 367 g/mol. The highest BCUT2D eigenvalue weighted by atomic mass is 35.5. The van der Waals surface area contributed by atoms with E-state index < -0.39 is 0 Å². The van der Waals surface area contributed by atoms with Gasteiger partial charge in [0.1, 0.15) is 11.5 Å². The largest absolute Gasteiger partial charge is 0.457 e. The van der Waals surface area contributed by atoms with Gasteiger partial charge in [-0.05, 0) is 89.1 Å². The third-order valence-electron chi connectivity index (χ3n) is 4.32. The van der Waals surface area contributed by atoms with E-state index in [0.29, 0.717) is 16.1 Å². The zero-order chi connectivity index (χ0) is 19.2. The van der Waals surface area contributed by atoms with Gasteiger partial charge in [0.15, 0.2) is 0 Å². The molecule has 2 aromatic rings. The molecule has 4 heteroatoms. The maximum Gasteiger partial charge on any atom is 0.127 e. The molecule has 0 aliphatic carbocycles. The number of hydrogen-bond donors (Lipinski definition) is 0. The summed E-state index contributed by atoms with van der Waals surface area (Å²) in [6.07, 6.45) is 5.06. The SMILES string of the molecule is CC=C(C)CCC1OC1(C)C.Clc1ccc(Oc2ccc(Cl)cc2)cc1. The number of hydrogen-bond acceptors (Lipinski definition) is 2. The highest BCUT2D eigenvalue weighted by Crippen LogP contribution is 2.38. The fourth-order valence-corrected chi connectivity index (χ4v) is 2.64. The summed E-state index contributed by atoms with van der Waals surface area (Å²) in [5.74, 6) is 1.50. The number of ether oxygens (including phenoxy) is 2. The average molecular weight is 393 g/mol. The molecule has 2 aromatic carbocycles. The van der Waals surface area contributed by atoms with E-state index in [4.69, 9.17) is 32.7 Å². The summed E-state index contributed by atoms with van der Waals surface area (Å²) in [5, 5.41) is 1.39. The number of benzene rings is 2. The van der Waals surface area contributed by atoms with Crippen LogP contribution in [-0.2, 0) is 4.74 Å². The minimum Gasteiger partial charge on any atom is -0.457 e. The normalized spacial score (nSPS) is 17.9. The van der Waals surface area contributed by atoms with Gasteiger partial charge in [-0.3, -0.25) is 0 Å². The summed E-state index contributed by atoms with van der Waals surface area (Å²) < 4.78 is 11.0. The lowest BCUT2D eigenvalue weighted by Gasteiger charge is -2.05. The van der Waals surface area contributed by atoms with E-state index in [2.05, 4.69) is 33.8 Å². The third kappa shape index (κ3) is 7.03. The van der Waals surface area contributed by atoms with Crippen LogP contribution in [0, 0.1) is 0 Å². The Balaban J connectivity index is 0.000000197. The van der Waals surface area contributed by atoms with Crippen molar-refractivity contribution in [1.29, 1.82) is 0 Å². The molecule has 1 saturated heterocycles. The van der Waals surface area contributed by atoms with Gasteiger partial charge in [-0.25, -0.2) is 0 Å². The Morgan fingerprint density at radius 2 is 1.42 bits per heavy atom. The Kier molecular flexibility index (Phi) is 7.57. The van der Waals surface area contributed by atoms with Crippen molar-refractivity contribution in [2.45, 2.75) is 52.2 Å². The zero-order valence-corrected chi connectivity index (χ0v) is 17.3. The van der Waals surface area contributed by atoms with E-state index >= 15 is 0 Å². The lowest BCUT2D eigenvalue weighted by molar-refractivity contribution is 0.320. The molecule has 26 heavy (non-hydrogen) atoms. The first-order valence-electron chi connectivity index (χ1n) is 8.79. The molecule has 1 aliphatic rings. The monoisotopic (exact) mass is 392 g/mol. The predicted molar refractivity (Wildman–Crippen MR) is 111 cm³/mol. The molecule has 0 amide bonds. The Labute approximate surface area is 166 Å².